The van der Waals surface area contributed by atoms with Gasteiger partial charge in [0.2, 0.25) is 0 Å². The molecule has 1 aliphatic rings. The molecule has 0 bridgehead atoms. The molecule has 1 fully saturated rings. The van der Waals surface area contributed by atoms with E-state index in [4.69, 9.17) is 14.2 Å². The number of ether oxygens (including phenoxy) is 3. The number of aliphatic hydroxyl groups is 1. The molecule has 0 radical (unpaired) electrons. The minimum atomic E-state index is -0.784. The SMILES string of the molecule is COc1cccc(C2NC(=O)C(=O)C2=C(O)c2ccc(OC)c(OC)c2)c1. The van der Waals surface area contributed by atoms with Gasteiger partial charge in [-0.05, 0) is 35.9 Å². The van der Waals surface area contributed by atoms with E-state index in [-0.39, 0.29) is 11.3 Å². The van der Waals surface area contributed by atoms with Crippen LogP contribution >= 0.6 is 0 Å². The summed E-state index contributed by atoms with van der Waals surface area (Å²) < 4.78 is 15.6. The Kier molecular flexibility index (Phi) is 5.03. The van der Waals surface area contributed by atoms with Crippen LogP contribution in [0.5, 0.6) is 17.2 Å². The highest BCUT2D eigenvalue weighted by molar-refractivity contribution is 6.46. The molecule has 0 saturated carbocycles. The number of Topliss-reactive ketones (excluding diaryl/α,β-unsaturated/α-hetero) is 1. The van der Waals surface area contributed by atoms with Crippen LogP contribution in [0.4, 0.5) is 0 Å². The number of carbonyl (C=O) groups excluding carboxylic acids is 2. The summed E-state index contributed by atoms with van der Waals surface area (Å²) >= 11 is 0. The molecule has 1 unspecified atom stereocenters. The molecule has 1 amide bonds. The van der Waals surface area contributed by atoms with E-state index in [0.717, 1.165) is 0 Å². The lowest BCUT2D eigenvalue weighted by atomic mass is 9.95. The molecule has 27 heavy (non-hydrogen) atoms. The largest absolute Gasteiger partial charge is 0.507 e. The number of hydrogen-bond acceptors (Lipinski definition) is 6. The van der Waals surface area contributed by atoms with E-state index in [1.54, 1.807) is 42.5 Å². The Morgan fingerprint density at radius 1 is 0.963 bits per heavy atom. The highest BCUT2D eigenvalue weighted by atomic mass is 16.5. The lowest BCUT2D eigenvalue weighted by Crippen LogP contribution is -2.21. The van der Waals surface area contributed by atoms with Gasteiger partial charge >= 0.3 is 0 Å². The molecule has 2 N–H and O–H groups in total. The van der Waals surface area contributed by atoms with Crippen LogP contribution < -0.4 is 19.5 Å². The van der Waals surface area contributed by atoms with E-state index < -0.39 is 17.7 Å². The van der Waals surface area contributed by atoms with E-state index in [1.807, 2.05) is 0 Å². The quantitative estimate of drug-likeness (QED) is 0.478. The number of rotatable bonds is 5. The van der Waals surface area contributed by atoms with Crippen LogP contribution in [-0.2, 0) is 9.59 Å². The topological polar surface area (TPSA) is 94.1 Å². The van der Waals surface area contributed by atoms with Gasteiger partial charge in [0.15, 0.2) is 11.5 Å². The van der Waals surface area contributed by atoms with E-state index in [9.17, 15) is 14.7 Å². The van der Waals surface area contributed by atoms with Crippen LogP contribution in [0.15, 0.2) is 48.0 Å². The predicted molar refractivity (Wildman–Crippen MR) is 98.0 cm³/mol. The van der Waals surface area contributed by atoms with E-state index in [2.05, 4.69) is 5.32 Å². The lowest BCUT2D eigenvalue weighted by Gasteiger charge is -2.15. The first kappa shape index (κ1) is 18.3. The highest BCUT2D eigenvalue weighted by Crippen LogP contribution is 2.36. The second kappa shape index (κ2) is 7.41. The summed E-state index contributed by atoms with van der Waals surface area (Å²) in [7, 11) is 4.49. The first-order valence-electron chi connectivity index (χ1n) is 8.14. The summed E-state index contributed by atoms with van der Waals surface area (Å²) in [5, 5.41) is 13.4. The minimum absolute atomic E-state index is 0.0273. The third-order valence-corrected chi connectivity index (χ3v) is 4.35. The van der Waals surface area contributed by atoms with Crippen LogP contribution in [0.3, 0.4) is 0 Å². The smallest absolute Gasteiger partial charge is 0.293 e. The fourth-order valence-electron chi connectivity index (χ4n) is 2.98. The van der Waals surface area contributed by atoms with Gasteiger partial charge in [0.1, 0.15) is 11.5 Å². The van der Waals surface area contributed by atoms with E-state index >= 15 is 0 Å². The molecule has 7 nitrogen and oxygen atoms in total. The minimum Gasteiger partial charge on any atom is -0.507 e. The summed E-state index contributed by atoms with van der Waals surface area (Å²) in [5.74, 6) is -0.404. The van der Waals surface area contributed by atoms with Crippen LogP contribution in [0.1, 0.15) is 17.2 Å². The number of hydrogen-bond donors (Lipinski definition) is 2. The molecule has 0 spiro atoms. The number of methoxy groups -OCH3 is 3. The standard InChI is InChI=1S/C20H19NO6/c1-25-13-6-4-5-11(9-13)17-16(19(23)20(24)21-17)18(22)12-7-8-14(26-2)15(10-12)27-3/h4-10,17,22H,1-3H3,(H,21,24). The van der Waals surface area contributed by atoms with Crippen molar-refractivity contribution in [2.45, 2.75) is 6.04 Å². The average Bonchev–Trinajstić information content (AvgIpc) is 3.01. The molecule has 3 rings (SSSR count). The van der Waals surface area contributed by atoms with Gasteiger partial charge in [0, 0.05) is 5.56 Å². The Morgan fingerprint density at radius 2 is 1.70 bits per heavy atom. The van der Waals surface area contributed by atoms with Crippen LogP contribution in [0.2, 0.25) is 0 Å². The number of ketones is 1. The second-order valence-electron chi connectivity index (χ2n) is 5.84. The highest BCUT2D eigenvalue weighted by Gasteiger charge is 2.39. The first-order valence-corrected chi connectivity index (χ1v) is 8.14. The third-order valence-electron chi connectivity index (χ3n) is 4.35. The molecule has 2 aromatic carbocycles. The maximum atomic E-state index is 12.4. The van der Waals surface area contributed by atoms with Gasteiger partial charge in [-0.3, -0.25) is 9.59 Å². The Morgan fingerprint density at radius 3 is 2.37 bits per heavy atom. The number of carbonyl (C=O) groups is 2. The molecule has 1 aliphatic heterocycles. The van der Waals surface area contributed by atoms with Crippen molar-refractivity contribution >= 4 is 17.4 Å². The number of amides is 1. The average molecular weight is 369 g/mol. The molecule has 7 heteroatoms. The summed E-state index contributed by atoms with van der Waals surface area (Å²) in [6, 6.07) is 10.9. The maximum Gasteiger partial charge on any atom is 0.293 e. The molecule has 1 atom stereocenters. The van der Waals surface area contributed by atoms with Crippen molar-refractivity contribution in [2.24, 2.45) is 0 Å². The zero-order chi connectivity index (χ0) is 19.6. The number of nitrogens with one attached hydrogen (secondary N) is 1. The maximum absolute atomic E-state index is 12.4. The fraction of sp³-hybridized carbons (Fsp3) is 0.200. The van der Waals surface area contributed by atoms with Crippen LogP contribution in [0, 0.1) is 0 Å². The molecule has 140 valence electrons. The normalized spacial score (nSPS) is 18.1. The monoisotopic (exact) mass is 369 g/mol. The molecule has 1 saturated heterocycles. The summed E-state index contributed by atoms with van der Waals surface area (Å²) in [6.45, 7) is 0. The van der Waals surface area contributed by atoms with Crippen molar-refractivity contribution in [1.82, 2.24) is 5.32 Å². The Hall–Kier alpha value is -3.48. The predicted octanol–water partition coefficient (Wildman–Crippen LogP) is 2.42. The van der Waals surface area contributed by atoms with Gasteiger partial charge < -0.3 is 24.6 Å². The fourth-order valence-corrected chi connectivity index (χ4v) is 2.98. The third kappa shape index (κ3) is 3.31. The Balaban J connectivity index is 2.12. The molecule has 0 aliphatic carbocycles. The van der Waals surface area contributed by atoms with Crippen LogP contribution in [-0.4, -0.2) is 38.1 Å². The van der Waals surface area contributed by atoms with Crippen molar-refractivity contribution in [3.05, 3.63) is 59.2 Å². The van der Waals surface area contributed by atoms with Gasteiger partial charge in [0.25, 0.3) is 11.7 Å². The van der Waals surface area contributed by atoms with Gasteiger partial charge in [-0.1, -0.05) is 12.1 Å². The van der Waals surface area contributed by atoms with Crippen molar-refractivity contribution in [2.75, 3.05) is 21.3 Å². The molecule has 2 aromatic rings. The molecular formula is C20H19NO6. The van der Waals surface area contributed by atoms with E-state index in [0.29, 0.717) is 28.4 Å². The van der Waals surface area contributed by atoms with E-state index in [1.165, 1.54) is 21.3 Å². The van der Waals surface area contributed by atoms with Crippen molar-refractivity contribution in [3.63, 3.8) is 0 Å². The lowest BCUT2D eigenvalue weighted by molar-refractivity contribution is -0.133. The second-order valence-corrected chi connectivity index (χ2v) is 5.84. The van der Waals surface area contributed by atoms with Crippen LogP contribution in [0.25, 0.3) is 5.76 Å². The zero-order valence-corrected chi connectivity index (χ0v) is 15.1. The molecule has 0 aromatic heterocycles. The Labute approximate surface area is 156 Å². The van der Waals surface area contributed by atoms with Gasteiger partial charge in [0.05, 0.1) is 32.9 Å². The van der Waals surface area contributed by atoms with Crippen molar-refractivity contribution in [1.29, 1.82) is 0 Å². The number of aliphatic hydroxyl groups excluding tert-OH is 1. The molecular weight excluding hydrogens is 350 g/mol. The van der Waals surface area contributed by atoms with Gasteiger partial charge in [-0.25, -0.2) is 0 Å². The first-order chi connectivity index (χ1) is 13.0. The van der Waals surface area contributed by atoms with Crippen molar-refractivity contribution in [3.8, 4) is 17.2 Å². The summed E-state index contributed by atoms with van der Waals surface area (Å²) in [5.41, 5.74) is 0.927. The van der Waals surface area contributed by atoms with Gasteiger partial charge in [-0.15, -0.1) is 0 Å². The summed E-state index contributed by atoms with van der Waals surface area (Å²) in [6.07, 6.45) is 0. The summed E-state index contributed by atoms with van der Waals surface area (Å²) in [4.78, 5) is 24.4. The zero-order valence-electron chi connectivity index (χ0n) is 15.1. The van der Waals surface area contributed by atoms with Gasteiger partial charge in [-0.2, -0.15) is 0 Å². The Bertz CT molecular complexity index is 934. The molecule has 1 heterocycles. The van der Waals surface area contributed by atoms with Crippen molar-refractivity contribution < 1.29 is 28.9 Å². The number of benzene rings is 2.